The van der Waals surface area contributed by atoms with E-state index in [4.69, 9.17) is 4.74 Å². The lowest BCUT2D eigenvalue weighted by atomic mass is 10.0. The lowest BCUT2D eigenvalue weighted by Crippen LogP contribution is -2.35. The Labute approximate surface area is 155 Å². The molecular weight excluding hydrogens is 324 g/mol. The first-order valence-electron chi connectivity index (χ1n) is 9.44. The van der Waals surface area contributed by atoms with Crippen molar-refractivity contribution in [1.82, 2.24) is 9.80 Å². The van der Waals surface area contributed by atoms with Crippen molar-refractivity contribution in [2.24, 2.45) is 0 Å². The molecule has 0 N–H and O–H groups in total. The number of carbonyl (C=O) groups is 1. The van der Waals surface area contributed by atoms with Crippen LogP contribution >= 0.6 is 0 Å². The predicted octanol–water partition coefficient (Wildman–Crippen LogP) is 2.94. The third kappa shape index (κ3) is 3.53. The van der Waals surface area contributed by atoms with Crippen LogP contribution in [-0.2, 0) is 22.5 Å². The van der Waals surface area contributed by atoms with Crippen LogP contribution in [0, 0.1) is 0 Å². The minimum atomic E-state index is 0.244. The summed E-state index contributed by atoms with van der Waals surface area (Å²) in [6, 6.07) is 15.5. The van der Waals surface area contributed by atoms with E-state index >= 15 is 0 Å². The van der Waals surface area contributed by atoms with Crippen molar-refractivity contribution in [3.8, 4) is 11.1 Å². The third-order valence-corrected chi connectivity index (χ3v) is 5.51. The first-order chi connectivity index (χ1) is 12.7. The molecule has 0 spiro atoms. The maximum atomic E-state index is 12.2. The van der Waals surface area contributed by atoms with Gasteiger partial charge in [-0.1, -0.05) is 42.5 Å². The number of benzene rings is 2. The summed E-state index contributed by atoms with van der Waals surface area (Å²) in [5.41, 5.74) is 6.95. The molecule has 1 amide bonds. The van der Waals surface area contributed by atoms with Gasteiger partial charge in [-0.2, -0.15) is 0 Å². The molecule has 0 bridgehead atoms. The molecule has 1 fully saturated rings. The fourth-order valence-corrected chi connectivity index (χ4v) is 4.06. The Morgan fingerprint density at radius 1 is 1.00 bits per heavy atom. The first-order valence-corrected chi connectivity index (χ1v) is 9.44. The molecule has 0 aromatic heterocycles. The van der Waals surface area contributed by atoms with E-state index in [-0.39, 0.29) is 5.91 Å². The lowest BCUT2D eigenvalue weighted by Gasteiger charge is -2.22. The van der Waals surface area contributed by atoms with Gasteiger partial charge in [0.05, 0.1) is 6.61 Å². The molecule has 1 aliphatic heterocycles. The van der Waals surface area contributed by atoms with Crippen LogP contribution in [0.1, 0.15) is 23.1 Å². The summed E-state index contributed by atoms with van der Waals surface area (Å²) in [4.78, 5) is 16.6. The second-order valence-electron chi connectivity index (χ2n) is 7.23. The number of nitrogens with zero attached hydrogens (tertiary/aromatic N) is 2. The van der Waals surface area contributed by atoms with Gasteiger partial charge in [-0.05, 0) is 34.2 Å². The average molecular weight is 350 g/mol. The molecule has 1 heterocycles. The van der Waals surface area contributed by atoms with E-state index in [2.05, 4.69) is 47.4 Å². The summed E-state index contributed by atoms with van der Waals surface area (Å²) in [6.45, 7) is 4.76. The molecule has 1 aliphatic carbocycles. The van der Waals surface area contributed by atoms with Crippen molar-refractivity contribution in [3.05, 3.63) is 59.2 Å². The van der Waals surface area contributed by atoms with E-state index < -0.39 is 0 Å². The van der Waals surface area contributed by atoms with Crippen molar-refractivity contribution < 1.29 is 9.53 Å². The number of hydrogen-bond acceptors (Lipinski definition) is 3. The maximum Gasteiger partial charge on any atom is 0.223 e. The molecular formula is C22H26N2O2. The number of fused-ring (bicyclic) bond motifs is 3. The van der Waals surface area contributed by atoms with Crippen molar-refractivity contribution in [2.75, 3.05) is 39.9 Å². The minimum Gasteiger partial charge on any atom is -0.383 e. The second kappa shape index (κ2) is 7.60. The summed E-state index contributed by atoms with van der Waals surface area (Å²) in [6.07, 6.45) is 1.63. The zero-order valence-corrected chi connectivity index (χ0v) is 15.4. The van der Waals surface area contributed by atoms with Crippen molar-refractivity contribution in [2.45, 2.75) is 19.4 Å². The molecule has 4 rings (SSSR count). The van der Waals surface area contributed by atoms with Crippen LogP contribution in [0.5, 0.6) is 0 Å². The van der Waals surface area contributed by atoms with Crippen LogP contribution < -0.4 is 0 Å². The van der Waals surface area contributed by atoms with Crippen LogP contribution in [0.25, 0.3) is 11.1 Å². The van der Waals surface area contributed by atoms with Crippen molar-refractivity contribution in [3.63, 3.8) is 0 Å². The smallest absolute Gasteiger partial charge is 0.223 e. The Morgan fingerprint density at radius 3 is 2.73 bits per heavy atom. The normalized spacial score (nSPS) is 17.1. The number of hydrogen-bond donors (Lipinski definition) is 0. The number of amides is 1. The molecule has 2 aromatic rings. The van der Waals surface area contributed by atoms with Gasteiger partial charge in [-0.15, -0.1) is 0 Å². The van der Waals surface area contributed by atoms with Crippen LogP contribution in [0.15, 0.2) is 42.5 Å². The van der Waals surface area contributed by atoms with Gasteiger partial charge in [0.15, 0.2) is 0 Å². The summed E-state index contributed by atoms with van der Waals surface area (Å²) in [5.74, 6) is 0.244. The molecule has 26 heavy (non-hydrogen) atoms. The maximum absolute atomic E-state index is 12.2. The molecule has 1 saturated heterocycles. The third-order valence-electron chi connectivity index (χ3n) is 5.51. The molecule has 136 valence electrons. The van der Waals surface area contributed by atoms with Crippen molar-refractivity contribution in [1.29, 1.82) is 0 Å². The van der Waals surface area contributed by atoms with E-state index in [0.29, 0.717) is 19.6 Å². The standard InChI is InChI=1S/C22H26N2O2/c1-26-13-12-24-11-10-23(9-8-22(24)25)16-17-6-7-21-19(14-17)15-18-4-2-3-5-20(18)21/h2-7,14H,8-13,15-16H2,1H3. The summed E-state index contributed by atoms with van der Waals surface area (Å²) in [7, 11) is 1.68. The zero-order valence-electron chi connectivity index (χ0n) is 15.4. The monoisotopic (exact) mass is 350 g/mol. The van der Waals surface area contributed by atoms with Gasteiger partial charge >= 0.3 is 0 Å². The molecule has 0 radical (unpaired) electrons. The summed E-state index contributed by atoms with van der Waals surface area (Å²) >= 11 is 0. The van der Waals surface area contributed by atoms with Crippen molar-refractivity contribution >= 4 is 5.91 Å². The van der Waals surface area contributed by atoms with E-state index in [1.54, 1.807) is 7.11 Å². The fraction of sp³-hybridized carbons (Fsp3) is 0.409. The quantitative estimate of drug-likeness (QED) is 0.709. The van der Waals surface area contributed by atoms with Gasteiger partial charge in [0.2, 0.25) is 5.91 Å². The van der Waals surface area contributed by atoms with Gasteiger partial charge in [-0.25, -0.2) is 0 Å². The largest absolute Gasteiger partial charge is 0.383 e. The molecule has 4 heteroatoms. The minimum absolute atomic E-state index is 0.244. The van der Waals surface area contributed by atoms with Crippen LogP contribution in [0.4, 0.5) is 0 Å². The molecule has 2 aromatic carbocycles. The fourth-order valence-electron chi connectivity index (χ4n) is 4.06. The zero-order chi connectivity index (χ0) is 17.9. The number of rotatable bonds is 5. The van der Waals surface area contributed by atoms with E-state index in [9.17, 15) is 4.79 Å². The molecule has 2 aliphatic rings. The Morgan fingerprint density at radius 2 is 1.85 bits per heavy atom. The summed E-state index contributed by atoms with van der Waals surface area (Å²) in [5, 5.41) is 0. The van der Waals surface area contributed by atoms with E-state index in [1.165, 1.54) is 27.8 Å². The van der Waals surface area contributed by atoms with Gasteiger partial charge in [0.25, 0.3) is 0 Å². The predicted molar refractivity (Wildman–Crippen MR) is 103 cm³/mol. The van der Waals surface area contributed by atoms with Crippen LogP contribution in [0.2, 0.25) is 0 Å². The topological polar surface area (TPSA) is 32.8 Å². The van der Waals surface area contributed by atoms with Gasteiger partial charge in [-0.3, -0.25) is 9.69 Å². The number of methoxy groups -OCH3 is 1. The van der Waals surface area contributed by atoms with Crippen LogP contribution in [-0.4, -0.2) is 55.6 Å². The van der Waals surface area contributed by atoms with E-state index in [0.717, 1.165) is 32.6 Å². The van der Waals surface area contributed by atoms with Gasteiger partial charge in [0.1, 0.15) is 0 Å². The van der Waals surface area contributed by atoms with E-state index in [1.807, 2.05) is 4.90 Å². The highest BCUT2D eigenvalue weighted by atomic mass is 16.5. The SMILES string of the molecule is COCCN1CCN(Cc2ccc3c(c2)Cc2ccccc2-3)CCC1=O. The highest BCUT2D eigenvalue weighted by molar-refractivity contribution is 5.77. The molecule has 0 atom stereocenters. The molecule has 4 nitrogen and oxygen atoms in total. The van der Waals surface area contributed by atoms with Crippen LogP contribution in [0.3, 0.4) is 0 Å². The summed E-state index contributed by atoms with van der Waals surface area (Å²) < 4.78 is 5.12. The number of ether oxygens (including phenoxy) is 1. The molecule has 0 unspecified atom stereocenters. The highest BCUT2D eigenvalue weighted by Crippen LogP contribution is 2.36. The second-order valence-corrected chi connectivity index (χ2v) is 7.23. The molecule has 0 saturated carbocycles. The number of carbonyl (C=O) groups excluding carboxylic acids is 1. The Kier molecular flexibility index (Phi) is 5.05. The Hall–Kier alpha value is -2.17. The average Bonchev–Trinajstić information content (AvgIpc) is 2.93. The highest BCUT2D eigenvalue weighted by Gasteiger charge is 2.22. The Bertz CT molecular complexity index is 802. The van der Waals surface area contributed by atoms with Gasteiger partial charge in [0, 0.05) is 46.3 Å². The lowest BCUT2D eigenvalue weighted by molar-refractivity contribution is -0.130. The first kappa shape index (κ1) is 17.3. The Balaban J connectivity index is 1.42. The van der Waals surface area contributed by atoms with Gasteiger partial charge < -0.3 is 9.64 Å².